The Balaban J connectivity index is 2.47. The van der Waals surface area contributed by atoms with E-state index in [0.717, 1.165) is 25.5 Å². The maximum atomic E-state index is 5.26. The van der Waals surface area contributed by atoms with Gasteiger partial charge in [0, 0.05) is 13.1 Å². The second kappa shape index (κ2) is 5.62. The predicted octanol–water partition coefficient (Wildman–Crippen LogP) is 2.69. The first-order chi connectivity index (χ1) is 6.38. The maximum absolute atomic E-state index is 5.26. The number of hydrogen-bond donors (Lipinski definition) is 0. The van der Waals surface area contributed by atoms with Gasteiger partial charge in [0.1, 0.15) is 6.26 Å². The van der Waals surface area contributed by atoms with Crippen molar-refractivity contribution in [2.24, 2.45) is 0 Å². The van der Waals surface area contributed by atoms with Gasteiger partial charge in [-0.2, -0.15) is 0 Å². The van der Waals surface area contributed by atoms with Crippen LogP contribution in [0.2, 0.25) is 0 Å². The van der Waals surface area contributed by atoms with E-state index < -0.39 is 0 Å². The van der Waals surface area contributed by atoms with E-state index in [-0.39, 0.29) is 0 Å². The molecule has 1 aromatic heterocycles. The molecule has 0 aromatic carbocycles. The molecule has 13 heavy (non-hydrogen) atoms. The first-order valence-corrected chi connectivity index (χ1v) is 5.03. The molecule has 0 saturated carbocycles. The number of rotatable bonds is 6. The molecular formula is C10H18N2O. The molecule has 3 nitrogen and oxygen atoms in total. The van der Waals surface area contributed by atoms with Gasteiger partial charge in [-0.15, -0.1) is 0 Å². The van der Waals surface area contributed by atoms with Crippen LogP contribution < -0.4 is 4.90 Å². The molecule has 0 unspecified atom stereocenters. The summed E-state index contributed by atoms with van der Waals surface area (Å²) in [7, 11) is 0. The second-order valence-corrected chi connectivity index (χ2v) is 3.16. The van der Waals surface area contributed by atoms with Crippen LogP contribution in [-0.2, 0) is 0 Å². The molecule has 0 aliphatic heterocycles. The SMILES string of the molecule is CCCCN(CCC)c1ncco1. The highest BCUT2D eigenvalue weighted by Crippen LogP contribution is 2.11. The Hall–Kier alpha value is -0.990. The normalized spacial score (nSPS) is 10.3. The summed E-state index contributed by atoms with van der Waals surface area (Å²) in [6.45, 7) is 6.44. The molecule has 0 bridgehead atoms. The number of aromatic nitrogens is 1. The second-order valence-electron chi connectivity index (χ2n) is 3.16. The van der Waals surface area contributed by atoms with E-state index in [2.05, 4.69) is 23.7 Å². The van der Waals surface area contributed by atoms with Gasteiger partial charge < -0.3 is 9.32 Å². The highest BCUT2D eigenvalue weighted by atomic mass is 16.4. The van der Waals surface area contributed by atoms with Crippen LogP contribution in [0.4, 0.5) is 6.01 Å². The lowest BCUT2D eigenvalue weighted by molar-refractivity contribution is 0.525. The molecule has 3 heteroatoms. The van der Waals surface area contributed by atoms with Crippen molar-refractivity contribution in [1.82, 2.24) is 4.98 Å². The van der Waals surface area contributed by atoms with Gasteiger partial charge >= 0.3 is 0 Å². The first-order valence-electron chi connectivity index (χ1n) is 5.03. The molecule has 0 atom stereocenters. The van der Waals surface area contributed by atoms with E-state index in [1.165, 1.54) is 12.8 Å². The fourth-order valence-corrected chi connectivity index (χ4v) is 1.29. The summed E-state index contributed by atoms with van der Waals surface area (Å²) in [6.07, 6.45) is 6.86. The molecular weight excluding hydrogens is 164 g/mol. The Morgan fingerprint density at radius 2 is 2.15 bits per heavy atom. The van der Waals surface area contributed by atoms with Gasteiger partial charge in [-0.3, -0.25) is 0 Å². The number of anilines is 1. The van der Waals surface area contributed by atoms with E-state index in [4.69, 9.17) is 4.42 Å². The summed E-state index contributed by atoms with van der Waals surface area (Å²) in [5.74, 6) is 0. The Morgan fingerprint density at radius 1 is 1.31 bits per heavy atom. The molecule has 1 heterocycles. The van der Waals surface area contributed by atoms with E-state index in [0.29, 0.717) is 0 Å². The minimum atomic E-state index is 0.760. The summed E-state index contributed by atoms with van der Waals surface area (Å²) < 4.78 is 5.26. The standard InChI is InChI=1S/C10H18N2O/c1-3-5-8-12(7-4-2)10-11-6-9-13-10/h6,9H,3-5,7-8H2,1-2H3. The van der Waals surface area contributed by atoms with Gasteiger partial charge in [0.05, 0.1) is 6.20 Å². The molecule has 0 saturated heterocycles. The summed E-state index contributed by atoms with van der Waals surface area (Å²) in [6, 6.07) is 0.760. The maximum Gasteiger partial charge on any atom is 0.297 e. The van der Waals surface area contributed by atoms with Crippen molar-refractivity contribution in [3.8, 4) is 0 Å². The van der Waals surface area contributed by atoms with Crippen LogP contribution in [0, 0.1) is 0 Å². The van der Waals surface area contributed by atoms with Crippen LogP contribution in [0.15, 0.2) is 16.9 Å². The van der Waals surface area contributed by atoms with E-state index >= 15 is 0 Å². The van der Waals surface area contributed by atoms with Gasteiger partial charge in [0.25, 0.3) is 6.01 Å². The number of nitrogens with zero attached hydrogens (tertiary/aromatic N) is 2. The van der Waals surface area contributed by atoms with Crippen molar-refractivity contribution in [2.75, 3.05) is 18.0 Å². The van der Waals surface area contributed by atoms with Crippen LogP contribution in [0.1, 0.15) is 33.1 Å². The van der Waals surface area contributed by atoms with Crippen LogP contribution in [0.25, 0.3) is 0 Å². The van der Waals surface area contributed by atoms with Crippen molar-refractivity contribution in [1.29, 1.82) is 0 Å². The van der Waals surface area contributed by atoms with Crippen molar-refractivity contribution >= 4 is 6.01 Å². The van der Waals surface area contributed by atoms with E-state index in [9.17, 15) is 0 Å². The Labute approximate surface area is 79.8 Å². The van der Waals surface area contributed by atoms with Crippen LogP contribution >= 0.6 is 0 Å². The topological polar surface area (TPSA) is 29.3 Å². The lowest BCUT2D eigenvalue weighted by atomic mass is 10.3. The monoisotopic (exact) mass is 182 g/mol. The third kappa shape index (κ3) is 3.09. The largest absolute Gasteiger partial charge is 0.432 e. The fraction of sp³-hybridized carbons (Fsp3) is 0.700. The number of oxazole rings is 1. The van der Waals surface area contributed by atoms with Gasteiger partial charge in [-0.1, -0.05) is 20.3 Å². The van der Waals surface area contributed by atoms with Gasteiger partial charge in [-0.25, -0.2) is 4.98 Å². The molecule has 74 valence electrons. The van der Waals surface area contributed by atoms with Gasteiger partial charge in [-0.05, 0) is 12.8 Å². The summed E-state index contributed by atoms with van der Waals surface area (Å²) in [5.41, 5.74) is 0. The highest BCUT2D eigenvalue weighted by Gasteiger charge is 2.07. The van der Waals surface area contributed by atoms with E-state index in [1.54, 1.807) is 12.5 Å². The highest BCUT2D eigenvalue weighted by molar-refractivity contribution is 5.23. The molecule has 0 N–H and O–H groups in total. The number of unbranched alkanes of at least 4 members (excludes halogenated alkanes) is 1. The fourth-order valence-electron chi connectivity index (χ4n) is 1.29. The molecule has 1 rings (SSSR count). The molecule has 0 fully saturated rings. The van der Waals surface area contributed by atoms with Crippen molar-refractivity contribution in [3.05, 3.63) is 12.5 Å². The Morgan fingerprint density at radius 3 is 2.69 bits per heavy atom. The van der Waals surface area contributed by atoms with Crippen LogP contribution in [-0.4, -0.2) is 18.1 Å². The Bertz CT molecular complexity index is 209. The molecule has 0 amide bonds. The summed E-state index contributed by atoms with van der Waals surface area (Å²) in [5, 5.41) is 0. The van der Waals surface area contributed by atoms with Crippen LogP contribution in [0.5, 0.6) is 0 Å². The average Bonchev–Trinajstić information content (AvgIpc) is 2.65. The minimum Gasteiger partial charge on any atom is -0.432 e. The predicted molar refractivity (Wildman–Crippen MR) is 53.9 cm³/mol. The molecule has 0 radical (unpaired) electrons. The third-order valence-electron chi connectivity index (χ3n) is 1.96. The van der Waals surface area contributed by atoms with Gasteiger partial charge in [0.15, 0.2) is 0 Å². The van der Waals surface area contributed by atoms with E-state index in [1.807, 2.05) is 0 Å². The van der Waals surface area contributed by atoms with Gasteiger partial charge in [0.2, 0.25) is 0 Å². The smallest absolute Gasteiger partial charge is 0.297 e. The molecule has 0 spiro atoms. The summed E-state index contributed by atoms with van der Waals surface area (Å²) in [4.78, 5) is 6.35. The third-order valence-corrected chi connectivity index (χ3v) is 1.96. The zero-order valence-electron chi connectivity index (χ0n) is 8.49. The lowest BCUT2D eigenvalue weighted by Crippen LogP contribution is -2.25. The lowest BCUT2D eigenvalue weighted by Gasteiger charge is -2.18. The Kier molecular flexibility index (Phi) is 4.36. The van der Waals surface area contributed by atoms with Crippen molar-refractivity contribution in [3.63, 3.8) is 0 Å². The first kappa shape index (κ1) is 10.1. The number of hydrogen-bond acceptors (Lipinski definition) is 3. The van der Waals surface area contributed by atoms with Crippen molar-refractivity contribution in [2.45, 2.75) is 33.1 Å². The molecule has 1 aromatic rings. The quantitative estimate of drug-likeness (QED) is 0.677. The summed E-state index contributed by atoms with van der Waals surface area (Å²) >= 11 is 0. The average molecular weight is 182 g/mol. The van der Waals surface area contributed by atoms with Crippen LogP contribution in [0.3, 0.4) is 0 Å². The molecule has 0 aliphatic carbocycles. The van der Waals surface area contributed by atoms with Crippen molar-refractivity contribution < 1.29 is 4.42 Å². The zero-order chi connectivity index (χ0) is 9.52. The minimum absolute atomic E-state index is 0.760. The molecule has 0 aliphatic rings. The zero-order valence-corrected chi connectivity index (χ0v) is 8.49.